The summed E-state index contributed by atoms with van der Waals surface area (Å²) in [6.07, 6.45) is 11.7. The third-order valence-corrected chi connectivity index (χ3v) is 3.14. The summed E-state index contributed by atoms with van der Waals surface area (Å²) in [5, 5.41) is 18.1. The van der Waals surface area contributed by atoms with Gasteiger partial charge in [0.25, 0.3) is 0 Å². The Hall–Kier alpha value is -2.10. The Morgan fingerprint density at radius 1 is 1.09 bits per heavy atom. The molecule has 0 unspecified atom stereocenters. The predicted molar refractivity (Wildman–Crippen MR) is 95.0 cm³/mol. The molecule has 0 saturated heterocycles. The SMILES string of the molecule is C=C\C=C/C=C(C)/C=C/c1ccc(N(CCO)CCO)cc1. The summed E-state index contributed by atoms with van der Waals surface area (Å²) in [4.78, 5) is 1.96. The van der Waals surface area contributed by atoms with Crippen LogP contribution in [-0.4, -0.2) is 36.5 Å². The first kappa shape index (κ1) is 18.0. The molecule has 0 amide bonds. The van der Waals surface area contributed by atoms with Crippen molar-refractivity contribution >= 4 is 11.8 Å². The fourth-order valence-electron chi connectivity index (χ4n) is 1.98. The van der Waals surface area contributed by atoms with E-state index in [0.717, 1.165) is 16.8 Å². The predicted octanol–water partition coefficient (Wildman–Crippen LogP) is 3.18. The molecule has 0 spiro atoms. The van der Waals surface area contributed by atoms with E-state index in [9.17, 15) is 0 Å². The van der Waals surface area contributed by atoms with E-state index < -0.39 is 0 Å². The van der Waals surface area contributed by atoms with Crippen LogP contribution >= 0.6 is 0 Å². The number of allylic oxidation sites excluding steroid dienone is 6. The van der Waals surface area contributed by atoms with Crippen molar-refractivity contribution in [1.82, 2.24) is 0 Å². The standard InChI is InChI=1S/C19H25NO2/c1-3-4-5-6-17(2)7-8-18-9-11-19(12-10-18)20(13-15-21)14-16-22/h3-12,21-22H,1,13-16H2,2H3/b5-4-,8-7+,17-6+. The van der Waals surface area contributed by atoms with Gasteiger partial charge in [-0.1, -0.05) is 60.7 Å². The molecule has 118 valence electrons. The molecular formula is C19H25NO2. The Bertz CT molecular complexity index is 521. The average molecular weight is 299 g/mol. The minimum atomic E-state index is 0.0733. The van der Waals surface area contributed by atoms with Gasteiger partial charge >= 0.3 is 0 Å². The fraction of sp³-hybridized carbons (Fsp3) is 0.263. The number of benzene rings is 1. The lowest BCUT2D eigenvalue weighted by atomic mass is 10.1. The van der Waals surface area contributed by atoms with Gasteiger partial charge in [0.15, 0.2) is 0 Å². The molecule has 0 fully saturated rings. The first-order valence-electron chi connectivity index (χ1n) is 7.42. The number of aliphatic hydroxyl groups is 2. The van der Waals surface area contributed by atoms with Crippen LogP contribution in [0.3, 0.4) is 0 Å². The maximum atomic E-state index is 9.06. The van der Waals surface area contributed by atoms with Crippen molar-refractivity contribution in [3.8, 4) is 0 Å². The molecule has 1 aromatic carbocycles. The number of nitrogens with zero attached hydrogens (tertiary/aromatic N) is 1. The van der Waals surface area contributed by atoms with E-state index in [1.54, 1.807) is 6.08 Å². The van der Waals surface area contributed by atoms with Crippen LogP contribution in [0.4, 0.5) is 5.69 Å². The summed E-state index contributed by atoms with van der Waals surface area (Å²) in [7, 11) is 0. The van der Waals surface area contributed by atoms with Crippen LogP contribution in [0.5, 0.6) is 0 Å². The average Bonchev–Trinajstić information content (AvgIpc) is 2.53. The molecule has 2 N–H and O–H groups in total. The highest BCUT2D eigenvalue weighted by atomic mass is 16.3. The second kappa shape index (κ2) is 10.6. The van der Waals surface area contributed by atoms with Crippen molar-refractivity contribution in [2.75, 3.05) is 31.2 Å². The molecule has 0 aliphatic heterocycles. The molecule has 22 heavy (non-hydrogen) atoms. The van der Waals surface area contributed by atoms with Gasteiger partial charge in [-0.3, -0.25) is 0 Å². The third-order valence-electron chi connectivity index (χ3n) is 3.14. The van der Waals surface area contributed by atoms with Crippen LogP contribution in [0, 0.1) is 0 Å². The van der Waals surface area contributed by atoms with Crippen molar-refractivity contribution < 1.29 is 10.2 Å². The quantitative estimate of drug-likeness (QED) is 0.688. The van der Waals surface area contributed by atoms with Crippen LogP contribution in [-0.2, 0) is 0 Å². The van der Waals surface area contributed by atoms with E-state index in [2.05, 4.69) is 18.7 Å². The van der Waals surface area contributed by atoms with Gasteiger partial charge in [0.05, 0.1) is 13.2 Å². The van der Waals surface area contributed by atoms with Gasteiger partial charge in [0.1, 0.15) is 0 Å². The van der Waals surface area contributed by atoms with Gasteiger partial charge in [0.2, 0.25) is 0 Å². The first-order valence-corrected chi connectivity index (χ1v) is 7.42. The van der Waals surface area contributed by atoms with Crippen molar-refractivity contribution in [3.63, 3.8) is 0 Å². The second-order valence-electron chi connectivity index (χ2n) is 4.89. The van der Waals surface area contributed by atoms with E-state index in [1.807, 2.05) is 54.3 Å². The molecule has 0 aliphatic carbocycles. The number of hydrogen-bond acceptors (Lipinski definition) is 3. The van der Waals surface area contributed by atoms with Crippen molar-refractivity contribution in [1.29, 1.82) is 0 Å². The van der Waals surface area contributed by atoms with E-state index in [1.165, 1.54) is 0 Å². The van der Waals surface area contributed by atoms with Gasteiger partial charge in [-0.2, -0.15) is 0 Å². The largest absolute Gasteiger partial charge is 0.395 e. The van der Waals surface area contributed by atoms with Crippen LogP contribution in [0.2, 0.25) is 0 Å². The van der Waals surface area contributed by atoms with Gasteiger partial charge in [-0.15, -0.1) is 0 Å². The monoisotopic (exact) mass is 299 g/mol. The van der Waals surface area contributed by atoms with Crippen LogP contribution < -0.4 is 4.90 Å². The molecule has 0 saturated carbocycles. The zero-order valence-electron chi connectivity index (χ0n) is 13.2. The molecule has 0 bridgehead atoms. The number of rotatable bonds is 9. The molecule has 3 nitrogen and oxygen atoms in total. The van der Waals surface area contributed by atoms with E-state index in [4.69, 9.17) is 10.2 Å². The van der Waals surface area contributed by atoms with Crippen molar-refractivity contribution in [3.05, 3.63) is 72.4 Å². The zero-order chi connectivity index (χ0) is 16.2. The normalized spacial score (nSPS) is 12.2. The van der Waals surface area contributed by atoms with Crippen molar-refractivity contribution in [2.24, 2.45) is 0 Å². The Labute approximate surface area is 133 Å². The second-order valence-corrected chi connectivity index (χ2v) is 4.89. The molecule has 0 aromatic heterocycles. The Balaban J connectivity index is 2.73. The highest BCUT2D eigenvalue weighted by Gasteiger charge is 2.04. The molecule has 0 aliphatic rings. The Morgan fingerprint density at radius 3 is 2.27 bits per heavy atom. The molecule has 0 radical (unpaired) electrons. The summed E-state index contributed by atoms with van der Waals surface area (Å²) in [6, 6.07) is 8.06. The van der Waals surface area contributed by atoms with Crippen molar-refractivity contribution in [2.45, 2.75) is 6.92 Å². The smallest absolute Gasteiger partial charge is 0.0606 e. The fourth-order valence-corrected chi connectivity index (χ4v) is 1.98. The van der Waals surface area contributed by atoms with Gasteiger partial charge in [-0.25, -0.2) is 0 Å². The highest BCUT2D eigenvalue weighted by Crippen LogP contribution is 2.16. The van der Waals surface area contributed by atoms with E-state index in [-0.39, 0.29) is 13.2 Å². The van der Waals surface area contributed by atoms with E-state index in [0.29, 0.717) is 13.1 Å². The lowest BCUT2D eigenvalue weighted by Gasteiger charge is -2.22. The number of aliphatic hydroxyl groups excluding tert-OH is 2. The molecular weight excluding hydrogens is 274 g/mol. The van der Waals surface area contributed by atoms with Crippen LogP contribution in [0.15, 0.2) is 66.8 Å². The summed E-state index contributed by atoms with van der Waals surface area (Å²) in [6.45, 7) is 6.86. The Kier molecular flexibility index (Phi) is 8.65. The Morgan fingerprint density at radius 2 is 1.73 bits per heavy atom. The van der Waals surface area contributed by atoms with E-state index >= 15 is 0 Å². The molecule has 3 heteroatoms. The topological polar surface area (TPSA) is 43.7 Å². The third kappa shape index (κ3) is 6.57. The summed E-state index contributed by atoms with van der Waals surface area (Å²) >= 11 is 0. The zero-order valence-corrected chi connectivity index (χ0v) is 13.2. The maximum Gasteiger partial charge on any atom is 0.0606 e. The highest BCUT2D eigenvalue weighted by molar-refractivity contribution is 5.58. The molecule has 1 aromatic rings. The van der Waals surface area contributed by atoms with Crippen LogP contribution in [0.25, 0.3) is 6.08 Å². The van der Waals surface area contributed by atoms with Gasteiger partial charge < -0.3 is 15.1 Å². The maximum absolute atomic E-state index is 9.06. The minimum absolute atomic E-state index is 0.0733. The summed E-state index contributed by atoms with van der Waals surface area (Å²) in [5.41, 5.74) is 3.27. The minimum Gasteiger partial charge on any atom is -0.395 e. The summed E-state index contributed by atoms with van der Waals surface area (Å²) in [5.74, 6) is 0. The molecule has 0 heterocycles. The lowest BCUT2D eigenvalue weighted by molar-refractivity contribution is 0.281. The molecule has 1 rings (SSSR count). The number of hydrogen-bond donors (Lipinski definition) is 2. The van der Waals surface area contributed by atoms with Gasteiger partial charge in [-0.05, 0) is 24.6 Å². The number of anilines is 1. The van der Waals surface area contributed by atoms with Gasteiger partial charge in [0, 0.05) is 18.8 Å². The lowest BCUT2D eigenvalue weighted by Crippen LogP contribution is -2.29. The van der Waals surface area contributed by atoms with Crippen LogP contribution in [0.1, 0.15) is 12.5 Å². The summed E-state index contributed by atoms with van der Waals surface area (Å²) < 4.78 is 0. The first-order chi connectivity index (χ1) is 10.7. The molecule has 0 atom stereocenters.